The number of hydrogen-bond acceptors (Lipinski definition) is 4. The van der Waals surface area contributed by atoms with Crippen molar-refractivity contribution in [3.05, 3.63) is 71.1 Å². The first kappa shape index (κ1) is 20.6. The molecule has 2 aromatic rings. The zero-order chi connectivity index (χ0) is 21.3. The number of hydrogen-bond donors (Lipinski definition) is 0. The molecule has 2 aliphatic rings. The zero-order valence-electron chi connectivity index (χ0n) is 16.7. The van der Waals surface area contributed by atoms with Crippen molar-refractivity contribution in [1.82, 2.24) is 4.90 Å². The van der Waals surface area contributed by atoms with Crippen LogP contribution in [-0.4, -0.2) is 28.6 Å². The summed E-state index contributed by atoms with van der Waals surface area (Å²) in [5.74, 6) is -1.85. The second kappa shape index (κ2) is 8.22. The van der Waals surface area contributed by atoms with Crippen molar-refractivity contribution in [2.75, 3.05) is 7.11 Å². The quantitative estimate of drug-likeness (QED) is 0.596. The van der Waals surface area contributed by atoms with Crippen LogP contribution in [-0.2, 0) is 0 Å². The Labute approximate surface area is 178 Å². The number of halogens is 2. The van der Waals surface area contributed by atoms with E-state index < -0.39 is 28.6 Å². The molecule has 0 N–H and O–H groups in total. The number of carbonyl (C=O) groups excluding carboxylic acids is 1. The van der Waals surface area contributed by atoms with Gasteiger partial charge in [0.25, 0.3) is 5.91 Å². The van der Waals surface area contributed by atoms with Crippen LogP contribution in [0.1, 0.15) is 42.5 Å². The number of amides is 1. The summed E-state index contributed by atoms with van der Waals surface area (Å²) >= 11 is 1.30. The molecule has 156 valence electrons. The molecule has 0 bridgehead atoms. The highest BCUT2D eigenvalue weighted by Gasteiger charge is 2.52. The summed E-state index contributed by atoms with van der Waals surface area (Å²) in [7, 11) is 1.56. The van der Waals surface area contributed by atoms with E-state index in [2.05, 4.69) is 11.6 Å². The minimum atomic E-state index is -0.880. The van der Waals surface area contributed by atoms with Gasteiger partial charge in [0.05, 0.1) is 18.3 Å². The number of amidine groups is 1. The zero-order valence-corrected chi connectivity index (χ0v) is 17.5. The predicted octanol–water partition coefficient (Wildman–Crippen LogP) is 6.07. The Hall–Kier alpha value is -2.67. The van der Waals surface area contributed by atoms with Gasteiger partial charge in [0.2, 0.25) is 0 Å². The van der Waals surface area contributed by atoms with E-state index in [1.54, 1.807) is 31.4 Å². The molecule has 0 unspecified atom stereocenters. The average Bonchev–Trinajstić information content (AvgIpc) is 2.99. The number of carbonyl (C=O) groups is 1. The highest BCUT2D eigenvalue weighted by atomic mass is 32.2. The summed E-state index contributed by atoms with van der Waals surface area (Å²) in [4.78, 5) is 20.4. The Bertz CT molecular complexity index is 1010. The van der Waals surface area contributed by atoms with Gasteiger partial charge in [0.1, 0.15) is 22.9 Å². The number of thioether (sulfide) groups is 1. The lowest BCUT2D eigenvalue weighted by Crippen LogP contribution is -2.51. The molecule has 0 radical (unpaired) electrons. The van der Waals surface area contributed by atoms with Crippen molar-refractivity contribution in [3.63, 3.8) is 0 Å². The van der Waals surface area contributed by atoms with Gasteiger partial charge in [-0.05, 0) is 37.1 Å². The highest BCUT2D eigenvalue weighted by Crippen LogP contribution is 2.51. The second-order valence-corrected chi connectivity index (χ2v) is 8.51. The molecule has 2 fully saturated rings. The van der Waals surface area contributed by atoms with Crippen molar-refractivity contribution in [3.8, 4) is 5.75 Å². The van der Waals surface area contributed by atoms with E-state index in [-0.39, 0.29) is 0 Å². The minimum absolute atomic E-state index is 0.378. The normalized spacial score (nSPS) is 19.5. The summed E-state index contributed by atoms with van der Waals surface area (Å²) in [5.41, 5.74) is -0.660. The second-order valence-electron chi connectivity index (χ2n) is 7.45. The third kappa shape index (κ3) is 3.51. The first-order chi connectivity index (χ1) is 14.5. The largest absolute Gasteiger partial charge is 0.497 e. The predicted molar refractivity (Wildman–Crippen MR) is 115 cm³/mol. The third-order valence-corrected chi connectivity index (χ3v) is 6.77. The molecule has 7 heteroatoms. The van der Waals surface area contributed by atoms with Gasteiger partial charge < -0.3 is 4.74 Å². The fourth-order valence-electron chi connectivity index (χ4n) is 4.16. The molecule has 1 aliphatic carbocycles. The van der Waals surface area contributed by atoms with Gasteiger partial charge in [0.15, 0.2) is 5.17 Å². The molecule has 1 amide bonds. The van der Waals surface area contributed by atoms with Gasteiger partial charge in [-0.15, -0.1) is 0 Å². The van der Waals surface area contributed by atoms with Crippen LogP contribution < -0.4 is 4.74 Å². The van der Waals surface area contributed by atoms with E-state index in [1.807, 2.05) is 0 Å². The number of benzene rings is 2. The molecule has 1 saturated carbocycles. The molecule has 4 nitrogen and oxygen atoms in total. The standard InChI is InChI=1S/C23H22F2N2O2S/c1-15-23(12-4-3-5-13-23)27(21(28)20-18(24)10-7-11-19(20)25)22(30-15)26-16-8-6-9-17(14-16)29-2/h6-11,14H,1,3-5,12-13H2,2H3. The van der Waals surface area contributed by atoms with Crippen LogP contribution in [0, 0.1) is 11.6 Å². The SMILES string of the molecule is C=C1SC(=Nc2cccc(OC)c2)N(C(=O)c2c(F)cccc2F)C12CCCCC2. The smallest absolute Gasteiger partial charge is 0.266 e. The highest BCUT2D eigenvalue weighted by molar-refractivity contribution is 8.17. The third-order valence-electron chi connectivity index (χ3n) is 5.69. The fourth-order valence-corrected chi connectivity index (χ4v) is 5.36. The first-order valence-electron chi connectivity index (χ1n) is 9.85. The summed E-state index contributed by atoms with van der Waals surface area (Å²) < 4.78 is 34.2. The molecule has 0 aromatic heterocycles. The topological polar surface area (TPSA) is 41.9 Å². The van der Waals surface area contributed by atoms with E-state index in [1.165, 1.54) is 22.7 Å². The molecule has 2 aromatic carbocycles. The van der Waals surface area contributed by atoms with Crippen molar-refractivity contribution in [2.45, 2.75) is 37.6 Å². The Morgan fingerprint density at radius 3 is 2.47 bits per heavy atom. The molecular formula is C23H22F2N2O2S. The molecule has 1 aliphatic heterocycles. The van der Waals surface area contributed by atoms with E-state index >= 15 is 0 Å². The maximum atomic E-state index is 14.5. The maximum absolute atomic E-state index is 14.5. The Balaban J connectivity index is 1.84. The van der Waals surface area contributed by atoms with Crippen LogP contribution in [0.5, 0.6) is 5.75 Å². The van der Waals surface area contributed by atoms with Crippen LogP contribution in [0.15, 0.2) is 58.9 Å². The van der Waals surface area contributed by atoms with Gasteiger partial charge in [-0.2, -0.15) is 0 Å². The number of ether oxygens (including phenoxy) is 1. The lowest BCUT2D eigenvalue weighted by molar-refractivity contribution is 0.0692. The van der Waals surface area contributed by atoms with Gasteiger partial charge in [0, 0.05) is 11.0 Å². The summed E-state index contributed by atoms with van der Waals surface area (Å²) in [6.07, 6.45) is 4.26. The van der Waals surface area contributed by atoms with Gasteiger partial charge >= 0.3 is 0 Å². The van der Waals surface area contributed by atoms with Gasteiger partial charge in [-0.25, -0.2) is 13.8 Å². The average molecular weight is 429 g/mol. The minimum Gasteiger partial charge on any atom is -0.497 e. The van der Waals surface area contributed by atoms with Crippen molar-refractivity contribution >= 4 is 28.5 Å². The van der Waals surface area contributed by atoms with Crippen LogP contribution in [0.2, 0.25) is 0 Å². The Morgan fingerprint density at radius 1 is 1.13 bits per heavy atom. The summed E-state index contributed by atoms with van der Waals surface area (Å²) in [6.45, 7) is 4.20. The lowest BCUT2D eigenvalue weighted by Gasteiger charge is -2.41. The van der Waals surface area contributed by atoms with E-state index in [0.29, 0.717) is 29.4 Å². The molecule has 1 saturated heterocycles. The summed E-state index contributed by atoms with van der Waals surface area (Å²) in [6, 6.07) is 10.6. The van der Waals surface area contributed by atoms with Crippen molar-refractivity contribution in [2.24, 2.45) is 4.99 Å². The monoisotopic (exact) mass is 428 g/mol. The van der Waals surface area contributed by atoms with Crippen LogP contribution in [0.3, 0.4) is 0 Å². The van der Waals surface area contributed by atoms with E-state index in [9.17, 15) is 13.6 Å². The van der Waals surface area contributed by atoms with E-state index in [0.717, 1.165) is 36.3 Å². The summed E-state index contributed by atoms with van der Waals surface area (Å²) in [5, 5.41) is 0.378. The molecule has 1 spiro atoms. The molecule has 30 heavy (non-hydrogen) atoms. The maximum Gasteiger partial charge on any atom is 0.266 e. The molecule has 0 atom stereocenters. The van der Waals surface area contributed by atoms with Crippen LogP contribution in [0.25, 0.3) is 0 Å². The number of methoxy groups -OCH3 is 1. The van der Waals surface area contributed by atoms with Gasteiger partial charge in [-0.3, -0.25) is 9.69 Å². The number of rotatable bonds is 3. The van der Waals surface area contributed by atoms with Crippen LogP contribution in [0.4, 0.5) is 14.5 Å². The Morgan fingerprint density at radius 2 is 1.80 bits per heavy atom. The number of nitrogens with zero attached hydrogens (tertiary/aromatic N) is 2. The van der Waals surface area contributed by atoms with Crippen molar-refractivity contribution in [1.29, 1.82) is 0 Å². The van der Waals surface area contributed by atoms with Crippen molar-refractivity contribution < 1.29 is 18.3 Å². The fraction of sp³-hybridized carbons (Fsp3) is 0.304. The lowest BCUT2D eigenvalue weighted by atomic mass is 9.80. The number of aliphatic imine (C=N–C) groups is 1. The van der Waals surface area contributed by atoms with Crippen LogP contribution >= 0.6 is 11.8 Å². The molecule has 1 heterocycles. The first-order valence-corrected chi connectivity index (χ1v) is 10.7. The molecular weight excluding hydrogens is 406 g/mol. The molecule has 4 rings (SSSR count). The van der Waals surface area contributed by atoms with Gasteiger partial charge in [-0.1, -0.05) is 49.7 Å². The van der Waals surface area contributed by atoms with E-state index in [4.69, 9.17) is 4.74 Å². The Kier molecular flexibility index (Phi) is 5.64.